The molecule has 2 N–H and O–H groups in total. The molecule has 2 atom stereocenters. The minimum absolute atomic E-state index is 0.0354. The Balaban J connectivity index is 1.70. The largest absolute Gasteiger partial charge is 0.503 e. The maximum Gasteiger partial charge on any atom is 0.257 e. The van der Waals surface area contributed by atoms with Gasteiger partial charge in [0.2, 0.25) is 5.43 Å². The molecule has 7 nitrogen and oxygen atoms in total. The smallest absolute Gasteiger partial charge is 0.257 e. The van der Waals surface area contributed by atoms with Crippen molar-refractivity contribution in [3.63, 3.8) is 0 Å². The van der Waals surface area contributed by atoms with Gasteiger partial charge in [0.25, 0.3) is 5.91 Å². The number of benzene rings is 1. The summed E-state index contributed by atoms with van der Waals surface area (Å²) in [5.74, 6) is -3.66. The number of amides is 1. The van der Waals surface area contributed by atoms with Crippen LogP contribution in [-0.4, -0.2) is 34.1 Å². The van der Waals surface area contributed by atoms with Gasteiger partial charge in [-0.05, 0) is 26.3 Å². The number of nitrogens with zero attached hydrogens (tertiary/aromatic N) is 1. The summed E-state index contributed by atoms with van der Waals surface area (Å²) in [6, 6.07) is 2.61. The lowest BCUT2D eigenvalue weighted by atomic mass is 9.74. The van der Waals surface area contributed by atoms with Crippen LogP contribution in [0, 0.1) is 17.0 Å². The summed E-state index contributed by atoms with van der Waals surface area (Å²) in [4.78, 5) is 38.2. The van der Waals surface area contributed by atoms with Crippen molar-refractivity contribution >= 4 is 11.7 Å². The summed E-state index contributed by atoms with van der Waals surface area (Å²) in [5, 5.41) is 12.9. The van der Waals surface area contributed by atoms with E-state index in [4.69, 9.17) is 4.74 Å². The van der Waals surface area contributed by atoms with Crippen molar-refractivity contribution in [3.05, 3.63) is 63.1 Å². The number of aromatic nitrogens is 1. The van der Waals surface area contributed by atoms with Gasteiger partial charge in [-0.1, -0.05) is 6.07 Å². The molecule has 0 bridgehead atoms. The zero-order valence-corrected chi connectivity index (χ0v) is 16.4. The average molecular weight is 418 g/mol. The summed E-state index contributed by atoms with van der Waals surface area (Å²) in [7, 11) is 0. The fourth-order valence-corrected chi connectivity index (χ4v) is 4.19. The number of fused-ring (bicyclic) bond motifs is 3. The maximum atomic E-state index is 13.8. The second-order valence-corrected chi connectivity index (χ2v) is 8.09. The van der Waals surface area contributed by atoms with E-state index in [0.29, 0.717) is 19.1 Å². The molecule has 30 heavy (non-hydrogen) atoms. The molecule has 3 heterocycles. The van der Waals surface area contributed by atoms with Crippen LogP contribution in [0.3, 0.4) is 0 Å². The van der Waals surface area contributed by atoms with Crippen molar-refractivity contribution in [1.29, 1.82) is 0 Å². The molecule has 2 aliphatic heterocycles. The second-order valence-electron chi connectivity index (χ2n) is 8.09. The second kappa shape index (κ2) is 7.02. The maximum absolute atomic E-state index is 13.8. The summed E-state index contributed by atoms with van der Waals surface area (Å²) in [6.07, 6.45) is 1.34. The van der Waals surface area contributed by atoms with E-state index in [1.807, 2.05) is 0 Å². The van der Waals surface area contributed by atoms with Crippen LogP contribution < -0.4 is 10.7 Å². The predicted molar refractivity (Wildman–Crippen MR) is 101 cm³/mol. The van der Waals surface area contributed by atoms with E-state index in [-0.39, 0.29) is 29.4 Å². The van der Waals surface area contributed by atoms with Gasteiger partial charge in [0.05, 0.1) is 17.6 Å². The lowest BCUT2D eigenvalue weighted by Gasteiger charge is -2.40. The van der Waals surface area contributed by atoms with E-state index >= 15 is 0 Å². The van der Waals surface area contributed by atoms with Gasteiger partial charge in [0, 0.05) is 31.0 Å². The highest BCUT2D eigenvalue weighted by Crippen LogP contribution is 2.46. The predicted octanol–water partition coefficient (Wildman–Crippen LogP) is 2.31. The molecular weight excluding hydrogens is 398 g/mol. The van der Waals surface area contributed by atoms with Crippen LogP contribution in [0.1, 0.15) is 52.7 Å². The first-order chi connectivity index (χ1) is 14.1. The van der Waals surface area contributed by atoms with Crippen molar-refractivity contribution in [2.24, 2.45) is 5.41 Å². The van der Waals surface area contributed by atoms with Crippen molar-refractivity contribution in [1.82, 2.24) is 9.88 Å². The van der Waals surface area contributed by atoms with Crippen LogP contribution in [0.15, 0.2) is 29.2 Å². The number of carbonyl (C=O) groups excluding carboxylic acids is 2. The molecule has 1 aromatic carbocycles. The summed E-state index contributed by atoms with van der Waals surface area (Å²) in [5.41, 5.74) is -2.41. The SMILES string of the molecule is CC1(C)C(=O)c2c(O)c(=O)c(C(=O)NCc3ccc(F)cc3F)cn2C2CCOC21. The molecule has 1 fully saturated rings. The lowest BCUT2D eigenvalue weighted by Crippen LogP contribution is -2.48. The summed E-state index contributed by atoms with van der Waals surface area (Å²) >= 11 is 0. The van der Waals surface area contributed by atoms with Crippen LogP contribution >= 0.6 is 0 Å². The monoisotopic (exact) mass is 418 g/mol. The third-order valence-electron chi connectivity index (χ3n) is 5.84. The van der Waals surface area contributed by atoms with Crippen LogP contribution in [0.5, 0.6) is 5.75 Å². The van der Waals surface area contributed by atoms with E-state index in [1.165, 1.54) is 16.8 Å². The Hall–Kier alpha value is -3.07. The molecule has 0 saturated carbocycles. The summed E-state index contributed by atoms with van der Waals surface area (Å²) < 4.78 is 34.0. The van der Waals surface area contributed by atoms with Crippen LogP contribution in [0.2, 0.25) is 0 Å². The number of halogens is 2. The fraction of sp³-hybridized carbons (Fsp3) is 0.381. The first kappa shape index (κ1) is 20.2. The van der Waals surface area contributed by atoms with Gasteiger partial charge in [-0.2, -0.15) is 0 Å². The van der Waals surface area contributed by atoms with Crippen molar-refractivity contribution in [2.45, 2.75) is 39.0 Å². The van der Waals surface area contributed by atoms with Crippen LogP contribution in [-0.2, 0) is 11.3 Å². The number of rotatable bonds is 3. The highest BCUT2D eigenvalue weighted by Gasteiger charge is 2.52. The third-order valence-corrected chi connectivity index (χ3v) is 5.84. The zero-order valence-electron chi connectivity index (χ0n) is 16.4. The topological polar surface area (TPSA) is 97.6 Å². The minimum atomic E-state index is -0.986. The number of Topliss-reactive ketones (excluding diaryl/α,β-unsaturated/α-hetero) is 1. The van der Waals surface area contributed by atoms with Gasteiger partial charge in [0.15, 0.2) is 11.5 Å². The molecule has 1 saturated heterocycles. The molecule has 1 aromatic heterocycles. The van der Waals surface area contributed by atoms with Gasteiger partial charge in [-0.25, -0.2) is 8.78 Å². The Bertz CT molecular complexity index is 1130. The fourth-order valence-electron chi connectivity index (χ4n) is 4.19. The molecule has 2 unspecified atom stereocenters. The molecule has 0 spiro atoms. The van der Waals surface area contributed by atoms with E-state index < -0.39 is 46.0 Å². The Morgan fingerprint density at radius 2 is 2.07 bits per heavy atom. The molecule has 158 valence electrons. The van der Waals surface area contributed by atoms with Crippen molar-refractivity contribution in [3.8, 4) is 5.75 Å². The number of pyridine rings is 1. The molecule has 9 heteroatoms. The Morgan fingerprint density at radius 1 is 1.33 bits per heavy atom. The molecular formula is C21H20F2N2O5. The lowest BCUT2D eigenvalue weighted by molar-refractivity contribution is -0.00290. The Labute approximate surface area is 170 Å². The van der Waals surface area contributed by atoms with E-state index in [0.717, 1.165) is 6.07 Å². The highest BCUT2D eigenvalue weighted by molar-refractivity contribution is 6.03. The average Bonchev–Trinajstić information content (AvgIpc) is 3.18. The van der Waals surface area contributed by atoms with Crippen LogP contribution in [0.25, 0.3) is 0 Å². The number of ketones is 1. The standard InChI is InChI=1S/C21H20F2N2O5/c1-21(2)18(28)15-17(27)16(26)12(9-25(15)14-5-6-30-19(14)21)20(29)24-8-10-3-4-11(22)7-13(10)23/h3-4,7,9,14,19,27H,5-6,8H2,1-2H3,(H,24,29). The number of hydrogen-bond donors (Lipinski definition) is 2. The molecule has 1 amide bonds. The molecule has 0 aliphatic carbocycles. The first-order valence-corrected chi connectivity index (χ1v) is 9.49. The van der Waals surface area contributed by atoms with Gasteiger partial charge >= 0.3 is 0 Å². The van der Waals surface area contributed by atoms with Gasteiger partial charge in [-0.3, -0.25) is 14.4 Å². The minimum Gasteiger partial charge on any atom is -0.503 e. The van der Waals surface area contributed by atoms with Gasteiger partial charge < -0.3 is 19.7 Å². The molecule has 2 aromatic rings. The van der Waals surface area contributed by atoms with E-state index in [1.54, 1.807) is 13.8 Å². The Morgan fingerprint density at radius 3 is 2.77 bits per heavy atom. The number of aromatic hydroxyl groups is 1. The van der Waals surface area contributed by atoms with Gasteiger partial charge in [0.1, 0.15) is 22.9 Å². The quantitative estimate of drug-likeness (QED) is 0.797. The van der Waals surface area contributed by atoms with Crippen LogP contribution in [0.4, 0.5) is 8.78 Å². The van der Waals surface area contributed by atoms with E-state index in [9.17, 15) is 28.3 Å². The number of ether oxygens (including phenoxy) is 1. The van der Waals surface area contributed by atoms with Gasteiger partial charge in [-0.15, -0.1) is 0 Å². The molecule has 4 rings (SSSR count). The molecule has 2 aliphatic rings. The normalized spacial score (nSPS) is 21.8. The molecule has 0 radical (unpaired) electrons. The van der Waals surface area contributed by atoms with E-state index in [2.05, 4.69) is 5.32 Å². The third kappa shape index (κ3) is 3.00. The first-order valence-electron chi connectivity index (χ1n) is 9.49. The Kier molecular flexibility index (Phi) is 4.73. The summed E-state index contributed by atoms with van der Waals surface area (Å²) in [6.45, 7) is 3.52. The van der Waals surface area contributed by atoms with Crippen molar-refractivity contribution < 1.29 is 28.2 Å². The highest BCUT2D eigenvalue weighted by atomic mass is 19.1. The number of carbonyl (C=O) groups is 2. The number of nitrogens with one attached hydrogen (secondary N) is 1. The van der Waals surface area contributed by atoms with Crippen molar-refractivity contribution in [2.75, 3.05) is 6.61 Å². The zero-order chi connectivity index (χ0) is 21.8. The number of hydrogen-bond acceptors (Lipinski definition) is 5.